The zero-order valence-electron chi connectivity index (χ0n) is 16.7. The van der Waals surface area contributed by atoms with Crippen molar-refractivity contribution < 1.29 is 23.3 Å². The van der Waals surface area contributed by atoms with E-state index in [9.17, 15) is 0 Å². The monoisotopic (exact) mass is 464 g/mol. The predicted octanol–water partition coefficient (Wildman–Crippen LogP) is 6.27. The fourth-order valence-corrected chi connectivity index (χ4v) is 1.84. The molecule has 0 spiro atoms. The average Bonchev–Trinajstić information content (AvgIpc) is 3.04. The van der Waals surface area contributed by atoms with Gasteiger partial charge < -0.3 is 14.9 Å². The number of hydrogen-bond donors (Lipinski definition) is 0. The molecular formula is C20H36Cl2SiZr-4. The number of hydrogen-bond acceptors (Lipinski definition) is 0. The average molecular weight is 467 g/mol. The van der Waals surface area contributed by atoms with Gasteiger partial charge in [-0.05, 0) is 10.8 Å². The van der Waals surface area contributed by atoms with Gasteiger partial charge in [-0.1, -0.05) is 41.5 Å². The third kappa shape index (κ3) is 14.9. The molecule has 142 valence electrons. The molecule has 0 radical (unpaired) electrons. The van der Waals surface area contributed by atoms with Crippen molar-refractivity contribution in [1.82, 2.24) is 0 Å². The second-order valence-electron chi connectivity index (χ2n) is 6.89. The van der Waals surface area contributed by atoms with E-state index in [4.69, 9.17) is 0 Å². The summed E-state index contributed by atoms with van der Waals surface area (Å²) in [6.45, 7) is 15.2. The zero-order valence-corrected chi connectivity index (χ0v) is 22.3. The summed E-state index contributed by atoms with van der Waals surface area (Å²) in [5, 5.41) is 0. The summed E-state index contributed by atoms with van der Waals surface area (Å²) in [6.07, 6.45) is 17.3. The van der Waals surface area contributed by atoms with E-state index < -0.39 is 0 Å². The molecule has 0 amide bonds. The Labute approximate surface area is 181 Å². The van der Waals surface area contributed by atoms with Crippen molar-refractivity contribution in [2.75, 3.05) is 0 Å². The van der Waals surface area contributed by atoms with Crippen LogP contribution >= 0.6 is 24.8 Å². The summed E-state index contributed by atoms with van der Waals surface area (Å²) in [7, 11) is 0. The Hall–Kier alpha value is 0.640. The molecule has 0 unspecified atom stereocenters. The Bertz CT molecular complexity index is 382. The van der Waals surface area contributed by atoms with Crippen LogP contribution in [0, 0.1) is 37.8 Å². The van der Waals surface area contributed by atoms with Crippen LogP contribution in [0.4, 0.5) is 0 Å². The van der Waals surface area contributed by atoms with Crippen molar-refractivity contribution in [2.24, 2.45) is 10.8 Å². The minimum atomic E-state index is 0. The molecule has 4 heteroatoms. The second kappa shape index (κ2) is 17.1. The first kappa shape index (κ1) is 35.7. The van der Waals surface area contributed by atoms with Crippen molar-refractivity contribution in [2.45, 2.75) is 54.4 Å². The van der Waals surface area contributed by atoms with Crippen LogP contribution in [0.15, 0.2) is 35.5 Å². The summed E-state index contributed by atoms with van der Waals surface area (Å²) in [5.41, 5.74) is 3.30. The van der Waals surface area contributed by atoms with E-state index in [1.54, 1.807) is 23.3 Å². The van der Waals surface area contributed by atoms with Crippen LogP contribution in [0.25, 0.3) is 0 Å². The van der Waals surface area contributed by atoms with Gasteiger partial charge in [-0.2, -0.15) is 12.2 Å². The fourth-order valence-electron chi connectivity index (χ4n) is 1.84. The van der Waals surface area contributed by atoms with E-state index in [2.05, 4.69) is 78.0 Å². The van der Waals surface area contributed by atoms with Crippen LogP contribution in [0.5, 0.6) is 0 Å². The van der Waals surface area contributed by atoms with Gasteiger partial charge >= 0.3 is 30.2 Å². The molecule has 0 fully saturated rings. The molecule has 0 aromatic carbocycles. The second-order valence-corrected chi connectivity index (χ2v) is 6.89. The third-order valence-electron chi connectivity index (χ3n) is 3.01. The van der Waals surface area contributed by atoms with Crippen molar-refractivity contribution in [3.8, 4) is 0 Å². The van der Waals surface area contributed by atoms with E-state index in [0.717, 1.165) is 12.8 Å². The molecular weight excluding hydrogens is 430 g/mol. The van der Waals surface area contributed by atoms with Gasteiger partial charge in [0.2, 0.25) is 0 Å². The molecule has 0 aromatic rings. The first-order valence-corrected chi connectivity index (χ1v) is 13.0. The molecule has 2 aliphatic carbocycles. The van der Waals surface area contributed by atoms with Gasteiger partial charge in [-0.15, -0.1) is 37.7 Å². The van der Waals surface area contributed by atoms with Gasteiger partial charge in [0, 0.05) is 0 Å². The van der Waals surface area contributed by atoms with Gasteiger partial charge in [0.25, 0.3) is 0 Å². The molecule has 0 saturated heterocycles. The molecule has 0 bridgehead atoms. The van der Waals surface area contributed by atoms with Gasteiger partial charge in [0.05, 0.1) is 0 Å². The van der Waals surface area contributed by atoms with E-state index in [1.807, 2.05) is 6.88 Å². The zero-order chi connectivity index (χ0) is 15.8. The molecule has 0 aromatic heterocycles. The Balaban J connectivity index is -0.0000000789. The molecule has 0 saturated carbocycles. The van der Waals surface area contributed by atoms with Crippen molar-refractivity contribution >= 4 is 31.7 Å². The van der Waals surface area contributed by atoms with Crippen LogP contribution in [-0.4, -0.2) is 6.88 Å². The summed E-state index contributed by atoms with van der Waals surface area (Å²) in [4.78, 5) is 0. The number of halogens is 2. The minimum absolute atomic E-state index is 0. The molecule has 24 heavy (non-hydrogen) atoms. The molecule has 0 nitrogen and oxygen atoms in total. The summed E-state index contributed by atoms with van der Waals surface area (Å²) >= 11 is 1.58. The quantitative estimate of drug-likeness (QED) is 0.292. The summed E-state index contributed by atoms with van der Waals surface area (Å²) < 4.78 is 0. The number of rotatable bonds is 0. The topological polar surface area (TPSA) is 0 Å². The van der Waals surface area contributed by atoms with E-state index in [-0.39, 0.29) is 39.7 Å². The van der Waals surface area contributed by atoms with Gasteiger partial charge in [0.1, 0.15) is 0 Å². The maximum absolute atomic E-state index is 3.30. The van der Waals surface area contributed by atoms with Gasteiger partial charge in [0.15, 0.2) is 0 Å². The Kier molecular flexibility index (Phi) is 25.4. The molecule has 2 rings (SSSR count). The number of allylic oxidation sites excluding steroid dienone is 8. The molecule has 0 aliphatic heterocycles. The fraction of sp³-hybridized carbons (Fsp3) is 0.500. The van der Waals surface area contributed by atoms with Crippen LogP contribution in [-0.2, 0) is 23.3 Å². The molecule has 2 aliphatic rings. The third-order valence-corrected chi connectivity index (χ3v) is 3.01. The molecule has 0 atom stereocenters. The van der Waals surface area contributed by atoms with Crippen molar-refractivity contribution in [3.63, 3.8) is 0 Å². The van der Waals surface area contributed by atoms with E-state index >= 15 is 0 Å². The standard InChI is InChI=1S/2C9H13.2CH3.2ClH.H2Si.Zr/c2*1-9(2,3)8-6-4-5-7-8;;;;;;/h2*4,6H,5H2,1-3H3;2*1H3;2*1H;1H2;/q4*-1;;;;. The molecule has 0 heterocycles. The Morgan fingerprint density at radius 1 is 0.750 bits per heavy atom. The first-order valence-electron chi connectivity index (χ1n) is 7.12. The maximum atomic E-state index is 3.30. The van der Waals surface area contributed by atoms with Crippen molar-refractivity contribution in [1.29, 1.82) is 0 Å². The van der Waals surface area contributed by atoms with Crippen LogP contribution < -0.4 is 0 Å². The first-order chi connectivity index (χ1) is 9.21. The Morgan fingerprint density at radius 2 is 1.00 bits per heavy atom. The SMILES string of the molecule is CC(C)(C)C1=[C-]CC=C1.CC(C)(C)C1=[C-]CC=C1.Cl.Cl.[CH3-].[CH3-].[SiH2]=[Zr]. The summed E-state index contributed by atoms with van der Waals surface area (Å²) in [5.74, 6) is 0. The van der Waals surface area contributed by atoms with E-state index in [0.29, 0.717) is 10.8 Å². The van der Waals surface area contributed by atoms with Gasteiger partial charge in [-0.25, -0.2) is 23.3 Å². The van der Waals surface area contributed by atoms with Gasteiger partial charge in [-0.3, -0.25) is 12.2 Å². The Morgan fingerprint density at radius 3 is 1.08 bits per heavy atom. The predicted molar refractivity (Wildman–Crippen MR) is 116 cm³/mol. The van der Waals surface area contributed by atoms with E-state index in [1.165, 1.54) is 11.1 Å². The van der Waals surface area contributed by atoms with Crippen LogP contribution in [0.3, 0.4) is 0 Å². The van der Waals surface area contributed by atoms with Crippen LogP contribution in [0.1, 0.15) is 54.4 Å². The normalized spacial score (nSPS) is 13.9. The summed E-state index contributed by atoms with van der Waals surface area (Å²) in [6, 6.07) is 0. The van der Waals surface area contributed by atoms with Crippen LogP contribution in [0.2, 0.25) is 0 Å². The van der Waals surface area contributed by atoms with Crippen molar-refractivity contribution in [3.05, 3.63) is 62.5 Å². The molecule has 0 N–H and O–H groups in total.